The summed E-state index contributed by atoms with van der Waals surface area (Å²) in [6, 6.07) is 12.0. The molecule has 0 atom stereocenters. The Balaban J connectivity index is 1.85. The number of nitrogens with one attached hydrogen (secondary N) is 1. The van der Waals surface area contributed by atoms with E-state index in [4.69, 9.17) is 4.74 Å². The molecule has 1 N–H and O–H groups in total. The van der Waals surface area contributed by atoms with Crippen LogP contribution in [-0.4, -0.2) is 37.8 Å². The Hall–Kier alpha value is -2.38. The largest absolute Gasteiger partial charge is 0.494 e. The number of hydrogen-bond acceptors (Lipinski definition) is 4. The van der Waals surface area contributed by atoms with Gasteiger partial charge in [-0.3, -0.25) is 4.79 Å². The maximum Gasteiger partial charge on any atom is 0.243 e. The number of anilines is 1. The average molecular weight is 445 g/mol. The molecule has 1 fully saturated rings. The van der Waals surface area contributed by atoms with E-state index in [0.29, 0.717) is 18.0 Å². The van der Waals surface area contributed by atoms with Crippen molar-refractivity contribution in [1.29, 1.82) is 0 Å². The SMILES string of the molecule is CCOc1ccc(S(=O)(=O)N(CC(=O)Nc2cccc(C)c2C)C2CCCCC2)cc1. The summed E-state index contributed by atoms with van der Waals surface area (Å²) in [4.78, 5) is 13.1. The molecule has 3 rings (SSSR count). The zero-order chi connectivity index (χ0) is 22.4. The second kappa shape index (κ2) is 10.3. The number of nitrogens with zero attached hydrogens (tertiary/aromatic N) is 1. The molecule has 0 aliphatic heterocycles. The van der Waals surface area contributed by atoms with E-state index in [2.05, 4.69) is 5.32 Å². The van der Waals surface area contributed by atoms with Crippen LogP contribution in [0.3, 0.4) is 0 Å². The van der Waals surface area contributed by atoms with Gasteiger partial charge in [-0.25, -0.2) is 8.42 Å². The van der Waals surface area contributed by atoms with Crippen LogP contribution in [0, 0.1) is 13.8 Å². The predicted molar refractivity (Wildman–Crippen MR) is 123 cm³/mol. The van der Waals surface area contributed by atoms with Gasteiger partial charge in [0.25, 0.3) is 0 Å². The highest BCUT2D eigenvalue weighted by Crippen LogP contribution is 2.29. The molecular formula is C24H32N2O4S. The van der Waals surface area contributed by atoms with Gasteiger partial charge in [-0.1, -0.05) is 31.4 Å². The van der Waals surface area contributed by atoms with Crippen molar-refractivity contribution >= 4 is 21.6 Å². The number of amides is 1. The maximum atomic E-state index is 13.5. The molecule has 0 heterocycles. The van der Waals surface area contributed by atoms with Gasteiger partial charge in [-0.15, -0.1) is 0 Å². The molecule has 1 aliphatic carbocycles. The van der Waals surface area contributed by atoms with Crippen LogP contribution in [0.25, 0.3) is 0 Å². The van der Waals surface area contributed by atoms with Crippen LogP contribution in [0.2, 0.25) is 0 Å². The zero-order valence-electron chi connectivity index (χ0n) is 18.6. The minimum Gasteiger partial charge on any atom is -0.494 e. The Morgan fingerprint density at radius 1 is 1.06 bits per heavy atom. The molecule has 0 radical (unpaired) electrons. The number of carbonyl (C=O) groups is 1. The molecule has 0 unspecified atom stereocenters. The van der Waals surface area contributed by atoms with Gasteiger partial charge in [0.05, 0.1) is 18.0 Å². The molecular weight excluding hydrogens is 412 g/mol. The first-order chi connectivity index (χ1) is 14.8. The second-order valence-corrected chi connectivity index (χ2v) is 9.93. The lowest BCUT2D eigenvalue weighted by molar-refractivity contribution is -0.116. The van der Waals surface area contributed by atoms with Crippen molar-refractivity contribution in [1.82, 2.24) is 4.31 Å². The van der Waals surface area contributed by atoms with E-state index in [1.165, 1.54) is 4.31 Å². The molecule has 6 nitrogen and oxygen atoms in total. The fraction of sp³-hybridized carbons (Fsp3) is 0.458. The standard InChI is InChI=1S/C24H32N2O4S/c1-4-30-21-13-15-22(16-14-21)31(28,29)26(20-10-6-5-7-11-20)17-24(27)25-23-12-8-9-18(2)19(23)3/h8-9,12-16,20H,4-7,10-11,17H2,1-3H3,(H,25,27). The summed E-state index contributed by atoms with van der Waals surface area (Å²) < 4.78 is 33.9. The molecule has 168 valence electrons. The number of hydrogen-bond donors (Lipinski definition) is 1. The van der Waals surface area contributed by atoms with Gasteiger partial charge in [-0.05, 0) is 75.1 Å². The number of benzene rings is 2. The lowest BCUT2D eigenvalue weighted by Gasteiger charge is -2.33. The van der Waals surface area contributed by atoms with Crippen LogP contribution < -0.4 is 10.1 Å². The second-order valence-electron chi connectivity index (χ2n) is 8.04. The summed E-state index contributed by atoms with van der Waals surface area (Å²) in [5, 5.41) is 2.90. The molecule has 0 spiro atoms. The monoisotopic (exact) mass is 444 g/mol. The van der Waals surface area contributed by atoms with Gasteiger partial charge >= 0.3 is 0 Å². The van der Waals surface area contributed by atoms with E-state index < -0.39 is 10.0 Å². The summed E-state index contributed by atoms with van der Waals surface area (Å²) >= 11 is 0. The van der Waals surface area contributed by atoms with Crippen molar-refractivity contribution in [3.8, 4) is 5.75 Å². The molecule has 1 saturated carbocycles. The fourth-order valence-corrected chi connectivity index (χ4v) is 5.65. The lowest BCUT2D eigenvalue weighted by Crippen LogP contribution is -2.45. The topological polar surface area (TPSA) is 75.7 Å². The Kier molecular flexibility index (Phi) is 7.73. The van der Waals surface area contributed by atoms with Crippen molar-refractivity contribution < 1.29 is 17.9 Å². The van der Waals surface area contributed by atoms with E-state index >= 15 is 0 Å². The molecule has 1 amide bonds. The highest BCUT2D eigenvalue weighted by molar-refractivity contribution is 7.89. The Morgan fingerprint density at radius 2 is 1.74 bits per heavy atom. The van der Waals surface area contributed by atoms with Crippen LogP contribution >= 0.6 is 0 Å². The molecule has 0 saturated heterocycles. The first-order valence-corrected chi connectivity index (χ1v) is 12.4. The Bertz CT molecular complexity index is 997. The minimum atomic E-state index is -3.82. The number of carbonyl (C=O) groups excluding carboxylic acids is 1. The van der Waals surface area contributed by atoms with Crippen LogP contribution in [0.4, 0.5) is 5.69 Å². The van der Waals surface area contributed by atoms with Crippen molar-refractivity contribution in [2.75, 3.05) is 18.5 Å². The average Bonchev–Trinajstić information content (AvgIpc) is 2.76. The first kappa shape index (κ1) is 23.3. The molecule has 2 aromatic rings. The predicted octanol–water partition coefficient (Wildman–Crippen LogP) is 4.66. The molecule has 0 aromatic heterocycles. The number of ether oxygens (including phenoxy) is 1. The van der Waals surface area contributed by atoms with E-state index in [1.807, 2.05) is 39.0 Å². The first-order valence-electron chi connectivity index (χ1n) is 10.9. The lowest BCUT2D eigenvalue weighted by atomic mass is 9.95. The van der Waals surface area contributed by atoms with Crippen molar-refractivity contribution in [2.45, 2.75) is 63.8 Å². The summed E-state index contributed by atoms with van der Waals surface area (Å²) in [6.07, 6.45) is 4.58. The third-order valence-electron chi connectivity index (χ3n) is 5.90. The van der Waals surface area contributed by atoms with Gasteiger partial charge in [-0.2, -0.15) is 4.31 Å². The summed E-state index contributed by atoms with van der Waals surface area (Å²) in [6.45, 7) is 6.12. The van der Waals surface area contributed by atoms with Crippen LogP contribution in [0.5, 0.6) is 5.75 Å². The third-order valence-corrected chi connectivity index (χ3v) is 7.81. The summed E-state index contributed by atoms with van der Waals surface area (Å²) in [5.41, 5.74) is 2.77. The fourth-order valence-electron chi connectivity index (χ4n) is 4.01. The van der Waals surface area contributed by atoms with E-state index in [1.54, 1.807) is 24.3 Å². The molecule has 2 aromatic carbocycles. The molecule has 1 aliphatic rings. The quantitative estimate of drug-likeness (QED) is 0.642. The smallest absolute Gasteiger partial charge is 0.243 e. The summed E-state index contributed by atoms with van der Waals surface area (Å²) in [7, 11) is -3.82. The van der Waals surface area contributed by atoms with Crippen LogP contribution in [-0.2, 0) is 14.8 Å². The molecule has 7 heteroatoms. The maximum absolute atomic E-state index is 13.5. The molecule has 0 bridgehead atoms. The van der Waals surface area contributed by atoms with E-state index in [-0.39, 0.29) is 23.4 Å². The van der Waals surface area contributed by atoms with Gasteiger partial charge in [0, 0.05) is 11.7 Å². The van der Waals surface area contributed by atoms with Crippen molar-refractivity contribution in [3.05, 3.63) is 53.6 Å². The van der Waals surface area contributed by atoms with E-state index in [0.717, 1.165) is 43.2 Å². The Labute approximate surface area is 185 Å². The minimum absolute atomic E-state index is 0.172. The zero-order valence-corrected chi connectivity index (χ0v) is 19.4. The van der Waals surface area contributed by atoms with Gasteiger partial charge in [0.15, 0.2) is 0 Å². The third kappa shape index (κ3) is 5.66. The van der Waals surface area contributed by atoms with Gasteiger partial charge in [0.2, 0.25) is 15.9 Å². The Morgan fingerprint density at radius 3 is 2.39 bits per heavy atom. The number of sulfonamides is 1. The normalized spacial score (nSPS) is 15.1. The van der Waals surface area contributed by atoms with Crippen LogP contribution in [0.1, 0.15) is 50.2 Å². The van der Waals surface area contributed by atoms with Crippen LogP contribution in [0.15, 0.2) is 47.4 Å². The van der Waals surface area contributed by atoms with E-state index in [9.17, 15) is 13.2 Å². The van der Waals surface area contributed by atoms with Crippen molar-refractivity contribution in [3.63, 3.8) is 0 Å². The number of rotatable bonds is 8. The highest BCUT2D eigenvalue weighted by Gasteiger charge is 2.34. The number of aryl methyl sites for hydroxylation is 1. The highest BCUT2D eigenvalue weighted by atomic mass is 32.2. The molecule has 31 heavy (non-hydrogen) atoms. The van der Waals surface area contributed by atoms with Gasteiger partial charge < -0.3 is 10.1 Å². The van der Waals surface area contributed by atoms with Crippen molar-refractivity contribution in [2.24, 2.45) is 0 Å². The van der Waals surface area contributed by atoms with Gasteiger partial charge in [0.1, 0.15) is 5.75 Å². The summed E-state index contributed by atoms with van der Waals surface area (Å²) in [5.74, 6) is 0.298.